The van der Waals surface area contributed by atoms with Gasteiger partial charge in [-0.05, 0) is 30.3 Å². The number of carbonyl (C=O) groups is 2. The van der Waals surface area contributed by atoms with Gasteiger partial charge in [0.15, 0.2) is 11.4 Å². The van der Waals surface area contributed by atoms with Gasteiger partial charge in [0, 0.05) is 16.6 Å². The second kappa shape index (κ2) is 6.07. The molecule has 1 aliphatic rings. The van der Waals surface area contributed by atoms with Gasteiger partial charge in [0.1, 0.15) is 16.9 Å². The lowest BCUT2D eigenvalue weighted by atomic mass is 9.88. The maximum atomic E-state index is 12.7. The smallest absolute Gasteiger partial charge is 0.347 e. The van der Waals surface area contributed by atoms with Gasteiger partial charge in [-0.1, -0.05) is 18.2 Å². The van der Waals surface area contributed by atoms with Crippen LogP contribution in [0.3, 0.4) is 0 Å². The molecule has 1 aliphatic heterocycles. The highest BCUT2D eigenvalue weighted by Crippen LogP contribution is 2.38. The molecule has 7 heteroatoms. The molecular formula is C20H15NO6. The monoisotopic (exact) mass is 365 g/mol. The maximum Gasteiger partial charge on any atom is 0.347 e. The van der Waals surface area contributed by atoms with Gasteiger partial charge in [0.2, 0.25) is 0 Å². The van der Waals surface area contributed by atoms with Crippen LogP contribution >= 0.6 is 0 Å². The van der Waals surface area contributed by atoms with Crippen molar-refractivity contribution in [2.45, 2.75) is 12.0 Å². The van der Waals surface area contributed by atoms with Crippen LogP contribution in [0, 0.1) is 0 Å². The number of amides is 1. The van der Waals surface area contributed by atoms with Gasteiger partial charge in [-0.25, -0.2) is 4.79 Å². The maximum absolute atomic E-state index is 12.7. The molecular weight excluding hydrogens is 350 g/mol. The van der Waals surface area contributed by atoms with Crippen LogP contribution in [0.5, 0.6) is 5.75 Å². The van der Waals surface area contributed by atoms with Crippen molar-refractivity contribution in [3.05, 3.63) is 70.1 Å². The largest absolute Gasteiger partial charge is 0.497 e. The van der Waals surface area contributed by atoms with Crippen molar-refractivity contribution >= 4 is 28.3 Å². The number of para-hydroxylation sites is 1. The van der Waals surface area contributed by atoms with Crippen LogP contribution in [0.25, 0.3) is 11.0 Å². The number of ketones is 1. The van der Waals surface area contributed by atoms with Crippen molar-refractivity contribution in [3.8, 4) is 5.75 Å². The predicted octanol–water partition coefficient (Wildman–Crippen LogP) is 2.21. The molecule has 0 saturated carbocycles. The number of Topliss-reactive ketones (excluding diaryl/α,β-unsaturated/α-hetero) is 1. The molecule has 0 fully saturated rings. The summed E-state index contributed by atoms with van der Waals surface area (Å²) in [5.74, 6) is -0.857. The lowest BCUT2D eigenvalue weighted by molar-refractivity contribution is -0.133. The quantitative estimate of drug-likeness (QED) is 0.542. The van der Waals surface area contributed by atoms with Gasteiger partial charge in [0.25, 0.3) is 5.91 Å². The van der Waals surface area contributed by atoms with E-state index in [9.17, 15) is 19.5 Å². The number of benzene rings is 2. The van der Waals surface area contributed by atoms with Gasteiger partial charge in [-0.15, -0.1) is 0 Å². The van der Waals surface area contributed by atoms with Crippen LogP contribution in [-0.4, -0.2) is 23.9 Å². The topological polar surface area (TPSA) is 106 Å². The van der Waals surface area contributed by atoms with Crippen LogP contribution < -0.4 is 15.7 Å². The summed E-state index contributed by atoms with van der Waals surface area (Å²) in [6.45, 7) is 0. The first-order valence-corrected chi connectivity index (χ1v) is 8.21. The summed E-state index contributed by atoms with van der Waals surface area (Å²) in [6.07, 6.45) is -0.573. The Labute approximate surface area is 153 Å². The second-order valence-corrected chi connectivity index (χ2v) is 6.31. The number of anilines is 1. The normalized spacial score (nSPS) is 18.2. The SMILES string of the molecule is COc1ccc2oc(=O)c(C(=O)C[C@]3(O)C(=O)Nc4ccccc43)cc2c1. The Balaban J connectivity index is 1.74. The van der Waals surface area contributed by atoms with Gasteiger partial charge >= 0.3 is 5.63 Å². The minimum absolute atomic E-state index is 0.235. The average Bonchev–Trinajstić information content (AvgIpc) is 2.91. The van der Waals surface area contributed by atoms with E-state index in [1.165, 1.54) is 13.2 Å². The molecule has 3 aromatic rings. The number of rotatable bonds is 4. The van der Waals surface area contributed by atoms with Crippen LogP contribution in [0.4, 0.5) is 5.69 Å². The zero-order chi connectivity index (χ0) is 19.2. The van der Waals surface area contributed by atoms with Crippen LogP contribution in [0.2, 0.25) is 0 Å². The van der Waals surface area contributed by atoms with E-state index in [0.29, 0.717) is 28.0 Å². The lowest BCUT2D eigenvalue weighted by Crippen LogP contribution is -2.37. The molecule has 27 heavy (non-hydrogen) atoms. The fourth-order valence-corrected chi connectivity index (χ4v) is 3.23. The highest BCUT2D eigenvalue weighted by atomic mass is 16.5. The molecule has 0 spiro atoms. The molecule has 2 heterocycles. The third-order valence-electron chi connectivity index (χ3n) is 4.65. The molecule has 0 aliphatic carbocycles. The summed E-state index contributed by atoms with van der Waals surface area (Å²) in [6, 6.07) is 12.8. The van der Waals surface area contributed by atoms with Crippen molar-refractivity contribution in [1.82, 2.24) is 0 Å². The highest BCUT2D eigenvalue weighted by Gasteiger charge is 2.46. The average molecular weight is 365 g/mol. The number of ether oxygens (including phenoxy) is 1. The van der Waals surface area contributed by atoms with E-state index < -0.39 is 29.3 Å². The Morgan fingerprint density at radius 2 is 1.96 bits per heavy atom. The number of methoxy groups -OCH3 is 1. The molecule has 7 nitrogen and oxygen atoms in total. The van der Waals surface area contributed by atoms with Crippen LogP contribution in [-0.2, 0) is 10.4 Å². The third kappa shape index (κ3) is 2.69. The summed E-state index contributed by atoms with van der Waals surface area (Å²) in [5, 5.41) is 13.9. The molecule has 0 saturated heterocycles. The zero-order valence-corrected chi connectivity index (χ0v) is 14.3. The van der Waals surface area contributed by atoms with Gasteiger partial charge in [0.05, 0.1) is 13.5 Å². The van der Waals surface area contributed by atoms with Crippen LogP contribution in [0.15, 0.2) is 57.7 Å². The number of hydrogen-bond acceptors (Lipinski definition) is 6. The van der Waals surface area contributed by atoms with E-state index in [4.69, 9.17) is 9.15 Å². The first-order chi connectivity index (χ1) is 12.9. The summed E-state index contributed by atoms with van der Waals surface area (Å²) in [7, 11) is 1.50. The summed E-state index contributed by atoms with van der Waals surface area (Å²) in [4.78, 5) is 37.3. The first-order valence-electron chi connectivity index (χ1n) is 8.21. The van der Waals surface area contributed by atoms with E-state index in [1.54, 1.807) is 42.5 Å². The molecule has 1 amide bonds. The van der Waals surface area contributed by atoms with E-state index >= 15 is 0 Å². The molecule has 0 bridgehead atoms. The zero-order valence-electron chi connectivity index (χ0n) is 14.3. The predicted molar refractivity (Wildman–Crippen MR) is 97.0 cm³/mol. The van der Waals surface area contributed by atoms with Crippen molar-refractivity contribution in [2.75, 3.05) is 12.4 Å². The Kier molecular flexibility index (Phi) is 3.82. The number of fused-ring (bicyclic) bond motifs is 2. The van der Waals surface area contributed by atoms with Gasteiger partial charge in [-0.2, -0.15) is 0 Å². The molecule has 2 N–H and O–H groups in total. The number of hydrogen-bond donors (Lipinski definition) is 2. The third-order valence-corrected chi connectivity index (χ3v) is 4.65. The van der Waals surface area contributed by atoms with Crippen molar-refractivity contribution < 1.29 is 23.8 Å². The molecule has 1 aromatic heterocycles. The minimum Gasteiger partial charge on any atom is -0.497 e. The Morgan fingerprint density at radius 3 is 2.74 bits per heavy atom. The molecule has 136 valence electrons. The Bertz CT molecular complexity index is 1150. The Morgan fingerprint density at radius 1 is 1.19 bits per heavy atom. The van der Waals surface area contributed by atoms with E-state index in [0.717, 1.165) is 0 Å². The molecule has 0 radical (unpaired) electrons. The fraction of sp³-hybridized carbons (Fsp3) is 0.150. The number of carbonyl (C=O) groups excluding carboxylic acids is 2. The number of aliphatic hydroxyl groups is 1. The highest BCUT2D eigenvalue weighted by molar-refractivity contribution is 6.09. The van der Waals surface area contributed by atoms with E-state index in [-0.39, 0.29) is 5.56 Å². The number of nitrogens with one attached hydrogen (secondary N) is 1. The lowest BCUT2D eigenvalue weighted by Gasteiger charge is -2.19. The van der Waals surface area contributed by atoms with E-state index in [1.807, 2.05) is 0 Å². The second-order valence-electron chi connectivity index (χ2n) is 6.31. The van der Waals surface area contributed by atoms with E-state index in [2.05, 4.69) is 5.32 Å². The molecule has 2 aromatic carbocycles. The first kappa shape index (κ1) is 17.0. The van der Waals surface area contributed by atoms with Gasteiger partial charge in [-0.3, -0.25) is 9.59 Å². The summed E-state index contributed by atoms with van der Waals surface area (Å²) < 4.78 is 10.3. The fourth-order valence-electron chi connectivity index (χ4n) is 3.23. The minimum atomic E-state index is -2.04. The Hall–Kier alpha value is -3.45. The molecule has 0 unspecified atom stereocenters. The van der Waals surface area contributed by atoms with Crippen molar-refractivity contribution in [1.29, 1.82) is 0 Å². The standard InChI is InChI=1S/C20H15NO6/c1-26-12-6-7-17-11(8-12)9-13(18(23)27-17)16(22)10-20(25)14-4-2-3-5-15(14)21-19(20)24/h2-9,25H,10H2,1H3,(H,21,24)/t20-/m1/s1. The van der Waals surface area contributed by atoms with Gasteiger partial charge < -0.3 is 19.6 Å². The molecule has 4 rings (SSSR count). The molecule has 1 atom stereocenters. The van der Waals surface area contributed by atoms with Crippen molar-refractivity contribution in [3.63, 3.8) is 0 Å². The van der Waals surface area contributed by atoms with Crippen molar-refractivity contribution in [2.24, 2.45) is 0 Å². The van der Waals surface area contributed by atoms with Crippen LogP contribution in [0.1, 0.15) is 22.3 Å². The summed E-state index contributed by atoms with van der Waals surface area (Å²) in [5.41, 5.74) is -2.05. The summed E-state index contributed by atoms with van der Waals surface area (Å²) >= 11 is 0.